The fraction of sp³-hybridized carbons (Fsp3) is 0.391. The second kappa shape index (κ2) is 16.2. The minimum atomic E-state index is -0.337. The summed E-state index contributed by atoms with van der Waals surface area (Å²) < 4.78 is 7.12. The van der Waals surface area contributed by atoms with Gasteiger partial charge in [0, 0.05) is 69.4 Å². The molecule has 0 unspecified atom stereocenters. The summed E-state index contributed by atoms with van der Waals surface area (Å²) in [4.78, 5) is 18.3. The Labute approximate surface area is 328 Å². The molecule has 0 saturated carbocycles. The molecule has 3 heterocycles. The van der Waals surface area contributed by atoms with E-state index in [4.69, 9.17) is 9.40 Å². The third kappa shape index (κ3) is 8.00. The topological polar surface area (TPSA) is 63.3 Å². The molecule has 0 aliphatic heterocycles. The number of rotatable bonds is 9. The third-order valence-corrected chi connectivity index (χ3v) is 12.6. The fourth-order valence-electron chi connectivity index (χ4n) is 6.64. The standard InChI is InChI=1S/C31H26NOS.C15H28O2.Ir/c1-18-15-25-24(11-8-12-27(25)33-18)29-19(2)22-13-14-32-28(30(22)34-29)21-16-20-9-6-7-10-23(20)26(17-21)31(3,4)5;1-7-14(5,8-2)12(16)11-13(17)15(6,9-3)10-4;/h6-15,17H,1-5H3;11,16H,7-10H2,1-6H3;/q-1;;/b;12-11-;. The predicted molar refractivity (Wildman–Crippen MR) is 218 cm³/mol. The second-order valence-corrected chi connectivity index (χ2v) is 16.5. The number of carbonyl (C=O) groups excluding carboxylic acids is 1. The van der Waals surface area contributed by atoms with Gasteiger partial charge in [-0.1, -0.05) is 104 Å². The van der Waals surface area contributed by atoms with E-state index >= 15 is 0 Å². The average Bonchev–Trinajstić information content (AvgIpc) is 3.68. The van der Waals surface area contributed by atoms with Gasteiger partial charge in [-0.2, -0.15) is 0 Å². The summed E-state index contributed by atoms with van der Waals surface area (Å²) in [5, 5.41) is 14.9. The number of aryl methyl sites for hydroxylation is 2. The molecule has 1 N–H and O–H groups in total. The Hall–Kier alpha value is -3.57. The summed E-state index contributed by atoms with van der Waals surface area (Å²) in [7, 11) is 0. The van der Waals surface area contributed by atoms with Crippen LogP contribution in [0.15, 0.2) is 83.1 Å². The summed E-state index contributed by atoms with van der Waals surface area (Å²) in [6, 6.07) is 25.1. The first-order valence-electron chi connectivity index (χ1n) is 18.4. The van der Waals surface area contributed by atoms with Crippen LogP contribution >= 0.6 is 11.3 Å². The number of nitrogens with zero attached hydrogens (tertiary/aromatic N) is 1. The molecule has 6 rings (SSSR count). The van der Waals surface area contributed by atoms with E-state index in [0.717, 1.165) is 59.1 Å². The number of hydrogen-bond donors (Lipinski definition) is 1. The Kier molecular flexibility index (Phi) is 12.8. The molecule has 0 aliphatic carbocycles. The van der Waals surface area contributed by atoms with Crippen molar-refractivity contribution in [3.63, 3.8) is 0 Å². The van der Waals surface area contributed by atoms with Gasteiger partial charge in [-0.15, -0.1) is 40.5 Å². The van der Waals surface area contributed by atoms with E-state index in [1.165, 1.54) is 43.1 Å². The zero-order valence-corrected chi connectivity index (χ0v) is 35.9. The molecule has 277 valence electrons. The van der Waals surface area contributed by atoms with Crippen molar-refractivity contribution in [1.82, 2.24) is 4.98 Å². The summed E-state index contributed by atoms with van der Waals surface area (Å²) in [6.45, 7) is 23.1. The van der Waals surface area contributed by atoms with Gasteiger partial charge < -0.3 is 9.52 Å². The molecule has 4 nitrogen and oxygen atoms in total. The number of carbonyl (C=O) groups is 1. The molecular weight excluding hydrogens is 839 g/mol. The molecule has 0 bridgehead atoms. The van der Waals surface area contributed by atoms with Crippen molar-refractivity contribution < 1.29 is 34.4 Å². The fourth-order valence-corrected chi connectivity index (χ4v) is 7.99. The molecule has 1 radical (unpaired) electrons. The number of ketones is 1. The Bertz CT molecular complexity index is 2220. The molecule has 52 heavy (non-hydrogen) atoms. The van der Waals surface area contributed by atoms with Crippen LogP contribution in [0.2, 0.25) is 0 Å². The van der Waals surface area contributed by atoms with Crippen molar-refractivity contribution in [2.45, 2.75) is 107 Å². The quantitative estimate of drug-likeness (QED) is 0.0892. The minimum absolute atomic E-state index is 0. The van der Waals surface area contributed by atoms with Gasteiger partial charge in [0.25, 0.3) is 0 Å². The number of allylic oxidation sites excluding steroid dienone is 2. The van der Waals surface area contributed by atoms with Gasteiger partial charge >= 0.3 is 0 Å². The van der Waals surface area contributed by atoms with Gasteiger partial charge in [0.2, 0.25) is 0 Å². The maximum atomic E-state index is 12.2. The number of benzene rings is 3. The molecule has 3 aromatic heterocycles. The van der Waals surface area contributed by atoms with Crippen molar-refractivity contribution in [3.8, 4) is 21.7 Å². The smallest absolute Gasteiger partial charge is 0.164 e. The number of pyridine rings is 1. The molecule has 3 aromatic carbocycles. The van der Waals surface area contributed by atoms with Crippen LogP contribution in [0.4, 0.5) is 0 Å². The number of aliphatic hydroxyl groups excluding tert-OH is 1. The molecule has 0 spiro atoms. The van der Waals surface area contributed by atoms with Gasteiger partial charge in [0.05, 0.1) is 0 Å². The molecule has 6 aromatic rings. The van der Waals surface area contributed by atoms with Gasteiger partial charge in [-0.3, -0.25) is 9.78 Å². The Morgan fingerprint density at radius 2 is 1.50 bits per heavy atom. The van der Waals surface area contributed by atoms with Gasteiger partial charge in [0.15, 0.2) is 5.78 Å². The van der Waals surface area contributed by atoms with E-state index in [9.17, 15) is 9.90 Å². The first-order chi connectivity index (χ1) is 24.1. The van der Waals surface area contributed by atoms with E-state index in [-0.39, 0.29) is 47.9 Å². The summed E-state index contributed by atoms with van der Waals surface area (Å²) >= 11 is 1.82. The molecule has 0 atom stereocenters. The van der Waals surface area contributed by atoms with E-state index in [1.54, 1.807) is 0 Å². The number of hydrogen-bond acceptors (Lipinski definition) is 5. The van der Waals surface area contributed by atoms with Crippen molar-refractivity contribution >= 4 is 48.9 Å². The van der Waals surface area contributed by atoms with E-state index in [1.807, 2.05) is 72.1 Å². The third-order valence-electron chi connectivity index (χ3n) is 11.2. The van der Waals surface area contributed by atoms with Crippen molar-refractivity contribution in [3.05, 3.63) is 102 Å². The molecule has 0 aliphatic rings. The first kappa shape index (κ1) is 41.2. The Balaban J connectivity index is 0.000000289. The summed E-state index contributed by atoms with van der Waals surface area (Å²) in [5.41, 5.74) is 6.23. The van der Waals surface area contributed by atoms with E-state index < -0.39 is 0 Å². The Morgan fingerprint density at radius 1 is 0.846 bits per heavy atom. The predicted octanol–water partition coefficient (Wildman–Crippen LogP) is 13.9. The SMILES string of the molecule is CCC(C)(CC)C(=O)/C=C(\O)C(C)(CC)CC.Cc1cc2c(-c3sc4c(-c5[c-]c6ccccc6c(C(C)(C)C)c5)nccc4c3C)cccc2o1.[Ir]. The minimum Gasteiger partial charge on any atom is -0.512 e. The number of fused-ring (bicyclic) bond motifs is 3. The Morgan fingerprint density at radius 3 is 2.13 bits per heavy atom. The van der Waals surface area contributed by atoms with Crippen LogP contribution in [0, 0.1) is 30.7 Å². The maximum absolute atomic E-state index is 12.2. The maximum Gasteiger partial charge on any atom is 0.164 e. The van der Waals surface area contributed by atoms with Crippen LogP contribution < -0.4 is 0 Å². The number of aliphatic hydroxyl groups is 1. The average molecular weight is 893 g/mol. The summed E-state index contributed by atoms with van der Waals surface area (Å²) in [6.07, 6.45) is 6.69. The molecule has 0 fully saturated rings. The van der Waals surface area contributed by atoms with Crippen LogP contribution in [0.5, 0.6) is 0 Å². The molecule has 0 amide bonds. The zero-order chi connectivity index (χ0) is 37.3. The monoisotopic (exact) mass is 893 g/mol. The second-order valence-electron chi connectivity index (χ2n) is 15.5. The molecule has 0 saturated heterocycles. The van der Waals surface area contributed by atoms with E-state index in [0.29, 0.717) is 0 Å². The van der Waals surface area contributed by atoms with E-state index in [2.05, 4.69) is 88.4 Å². The van der Waals surface area contributed by atoms with Crippen LogP contribution in [-0.2, 0) is 30.3 Å². The van der Waals surface area contributed by atoms with Crippen molar-refractivity contribution in [2.24, 2.45) is 10.8 Å². The van der Waals surface area contributed by atoms with Crippen LogP contribution in [0.25, 0.3) is 53.5 Å². The first-order valence-corrected chi connectivity index (χ1v) is 19.2. The molecular formula is C46H54IrNO3S-. The number of thiophene rings is 1. The van der Waals surface area contributed by atoms with Gasteiger partial charge in [-0.25, -0.2) is 0 Å². The zero-order valence-electron chi connectivity index (χ0n) is 32.7. The van der Waals surface area contributed by atoms with Gasteiger partial charge in [0.1, 0.15) is 17.1 Å². The number of furan rings is 1. The summed E-state index contributed by atoms with van der Waals surface area (Å²) in [5.74, 6) is 1.22. The molecule has 6 heteroatoms. The largest absolute Gasteiger partial charge is 0.512 e. The van der Waals surface area contributed by atoms with Crippen molar-refractivity contribution in [1.29, 1.82) is 0 Å². The van der Waals surface area contributed by atoms with Crippen LogP contribution in [-0.4, -0.2) is 15.9 Å². The van der Waals surface area contributed by atoms with Crippen LogP contribution in [0.1, 0.15) is 105 Å². The van der Waals surface area contributed by atoms with Crippen molar-refractivity contribution in [2.75, 3.05) is 0 Å². The number of aromatic nitrogens is 1. The van der Waals surface area contributed by atoms with Gasteiger partial charge in [-0.05, 0) is 74.1 Å². The van der Waals surface area contributed by atoms with Crippen LogP contribution in [0.3, 0.4) is 0 Å². The normalized spacial score (nSPS) is 12.6.